The summed E-state index contributed by atoms with van der Waals surface area (Å²) in [7, 11) is 0. The second-order valence-electron chi connectivity index (χ2n) is 5.64. The highest BCUT2D eigenvalue weighted by Gasteiger charge is 2.32. The zero-order valence-electron chi connectivity index (χ0n) is 12.2. The number of aliphatic hydroxyl groups excluding tert-OH is 1. The van der Waals surface area contributed by atoms with Crippen molar-refractivity contribution in [2.75, 3.05) is 6.54 Å². The molecule has 1 fully saturated rings. The smallest absolute Gasteiger partial charge is 0.208 e. The maximum absolute atomic E-state index is 13.1. The Labute approximate surface area is 123 Å². The third kappa shape index (κ3) is 2.99. The van der Waals surface area contributed by atoms with Crippen molar-refractivity contribution in [3.63, 3.8) is 0 Å². The van der Waals surface area contributed by atoms with Gasteiger partial charge in [-0.2, -0.15) is 0 Å². The van der Waals surface area contributed by atoms with E-state index >= 15 is 0 Å². The Morgan fingerprint density at radius 1 is 1.33 bits per heavy atom. The van der Waals surface area contributed by atoms with E-state index in [-0.39, 0.29) is 18.0 Å². The summed E-state index contributed by atoms with van der Waals surface area (Å²) in [6, 6.07) is 6.52. The Morgan fingerprint density at radius 2 is 2.05 bits per heavy atom. The highest BCUT2D eigenvalue weighted by molar-refractivity contribution is 5.21. The molecule has 2 aromatic rings. The van der Waals surface area contributed by atoms with Gasteiger partial charge in [0.05, 0.1) is 18.3 Å². The van der Waals surface area contributed by atoms with E-state index in [2.05, 4.69) is 9.88 Å². The minimum atomic E-state index is -0.378. The van der Waals surface area contributed by atoms with Crippen molar-refractivity contribution in [2.24, 2.45) is 0 Å². The van der Waals surface area contributed by atoms with Gasteiger partial charge in [-0.1, -0.05) is 12.1 Å². The van der Waals surface area contributed by atoms with Crippen LogP contribution < -0.4 is 0 Å². The molecule has 0 bridgehead atoms. The van der Waals surface area contributed by atoms with Gasteiger partial charge in [0, 0.05) is 12.6 Å². The Morgan fingerprint density at radius 3 is 2.67 bits per heavy atom. The Bertz CT molecular complexity index is 604. The summed E-state index contributed by atoms with van der Waals surface area (Å²) in [5.74, 6) is 1.23. The third-order valence-corrected chi connectivity index (χ3v) is 4.05. The predicted molar refractivity (Wildman–Crippen MR) is 76.2 cm³/mol. The lowest BCUT2D eigenvalue weighted by Gasteiger charge is -2.22. The minimum Gasteiger partial charge on any atom is -0.444 e. The normalized spacial score (nSPS) is 22.9. The molecule has 0 spiro atoms. The molecule has 0 amide bonds. The van der Waals surface area contributed by atoms with Gasteiger partial charge in [0.15, 0.2) is 0 Å². The van der Waals surface area contributed by atoms with E-state index in [9.17, 15) is 9.50 Å². The van der Waals surface area contributed by atoms with Gasteiger partial charge in [-0.25, -0.2) is 9.37 Å². The van der Waals surface area contributed by atoms with Gasteiger partial charge < -0.3 is 9.52 Å². The second-order valence-corrected chi connectivity index (χ2v) is 5.64. The van der Waals surface area contributed by atoms with Crippen LogP contribution in [-0.4, -0.2) is 27.6 Å². The first kappa shape index (κ1) is 14.2. The highest BCUT2D eigenvalue weighted by atomic mass is 19.1. The lowest BCUT2D eigenvalue weighted by atomic mass is 10.0. The number of hydrogen-bond donors (Lipinski definition) is 1. The van der Waals surface area contributed by atoms with Crippen molar-refractivity contribution in [3.05, 3.63) is 53.0 Å². The summed E-state index contributed by atoms with van der Waals surface area (Å²) in [5.41, 5.74) is 1.90. The molecule has 1 saturated heterocycles. The van der Waals surface area contributed by atoms with E-state index < -0.39 is 0 Å². The Balaban J connectivity index is 1.80. The zero-order chi connectivity index (χ0) is 15.0. The summed E-state index contributed by atoms with van der Waals surface area (Å²) in [6.07, 6.45) is 0.266. The average molecular weight is 290 g/mol. The number of oxazole rings is 1. The van der Waals surface area contributed by atoms with E-state index in [1.807, 2.05) is 13.8 Å². The number of rotatable bonds is 3. The number of aryl methyl sites for hydroxylation is 2. The van der Waals surface area contributed by atoms with Crippen LogP contribution in [0.4, 0.5) is 4.39 Å². The third-order valence-electron chi connectivity index (χ3n) is 4.05. The van der Waals surface area contributed by atoms with Crippen LogP contribution in [0.25, 0.3) is 0 Å². The van der Waals surface area contributed by atoms with Gasteiger partial charge in [-0.05, 0) is 38.0 Å². The lowest BCUT2D eigenvalue weighted by molar-refractivity contribution is 0.167. The molecule has 0 radical (unpaired) electrons. The molecule has 0 aliphatic carbocycles. The standard InChI is InChI=1S/C16H19FN2O2/c1-10-11(2)21-16(18-10)9-19-8-14(20)7-15(19)12-3-5-13(17)6-4-12/h3-6,14-15,20H,7-9H2,1-2H3/t14-,15-/m0/s1. The fourth-order valence-electron chi connectivity index (χ4n) is 2.87. The first-order chi connectivity index (χ1) is 10.0. The largest absolute Gasteiger partial charge is 0.444 e. The number of β-amino-alcohol motifs (C(OH)–C–C–N with tert-alkyl or cyclic N) is 1. The van der Waals surface area contributed by atoms with E-state index in [0.717, 1.165) is 17.0 Å². The Hall–Kier alpha value is -1.72. The van der Waals surface area contributed by atoms with Crippen LogP contribution in [0.3, 0.4) is 0 Å². The first-order valence-corrected chi connectivity index (χ1v) is 7.13. The fraction of sp³-hybridized carbons (Fsp3) is 0.438. The van der Waals surface area contributed by atoms with Gasteiger partial charge in [0.2, 0.25) is 5.89 Å². The molecule has 2 atom stereocenters. The van der Waals surface area contributed by atoms with Crippen LogP contribution in [-0.2, 0) is 6.54 Å². The van der Waals surface area contributed by atoms with E-state index in [0.29, 0.717) is 25.4 Å². The molecule has 1 aromatic carbocycles. The van der Waals surface area contributed by atoms with Gasteiger partial charge in [-0.15, -0.1) is 0 Å². The van der Waals surface area contributed by atoms with Crippen molar-refractivity contribution in [3.8, 4) is 0 Å². The molecular weight excluding hydrogens is 271 g/mol. The van der Waals surface area contributed by atoms with Crippen LogP contribution in [0.5, 0.6) is 0 Å². The highest BCUT2D eigenvalue weighted by Crippen LogP contribution is 2.33. The maximum atomic E-state index is 13.1. The maximum Gasteiger partial charge on any atom is 0.208 e. The van der Waals surface area contributed by atoms with Crippen molar-refractivity contribution >= 4 is 0 Å². The number of halogens is 1. The molecule has 5 heteroatoms. The zero-order valence-corrected chi connectivity index (χ0v) is 12.2. The van der Waals surface area contributed by atoms with Crippen molar-refractivity contribution in [1.82, 2.24) is 9.88 Å². The fourth-order valence-corrected chi connectivity index (χ4v) is 2.87. The number of aliphatic hydroxyl groups is 1. The molecule has 3 rings (SSSR count). The number of aromatic nitrogens is 1. The molecular formula is C16H19FN2O2. The summed E-state index contributed by atoms with van der Waals surface area (Å²) >= 11 is 0. The van der Waals surface area contributed by atoms with Crippen LogP contribution in [0.15, 0.2) is 28.7 Å². The average Bonchev–Trinajstić information content (AvgIpc) is 2.94. The van der Waals surface area contributed by atoms with Gasteiger partial charge in [0.1, 0.15) is 11.6 Å². The first-order valence-electron chi connectivity index (χ1n) is 7.13. The summed E-state index contributed by atoms with van der Waals surface area (Å²) in [5, 5.41) is 9.96. The number of hydrogen-bond acceptors (Lipinski definition) is 4. The van der Waals surface area contributed by atoms with Gasteiger partial charge >= 0.3 is 0 Å². The monoisotopic (exact) mass is 290 g/mol. The summed E-state index contributed by atoms with van der Waals surface area (Å²) < 4.78 is 18.7. The van der Waals surface area contributed by atoms with Crippen LogP contribution in [0.2, 0.25) is 0 Å². The number of benzene rings is 1. The second kappa shape index (κ2) is 5.58. The lowest BCUT2D eigenvalue weighted by Crippen LogP contribution is -2.24. The molecule has 1 N–H and O–H groups in total. The van der Waals surface area contributed by atoms with E-state index in [4.69, 9.17) is 4.42 Å². The molecule has 0 unspecified atom stereocenters. The van der Waals surface area contributed by atoms with E-state index in [1.54, 1.807) is 12.1 Å². The molecule has 1 aromatic heterocycles. The Kier molecular flexibility index (Phi) is 3.78. The van der Waals surface area contributed by atoms with Crippen LogP contribution in [0, 0.1) is 19.7 Å². The number of likely N-dealkylation sites (tertiary alicyclic amines) is 1. The SMILES string of the molecule is Cc1nc(CN2C[C@@H](O)C[C@H]2c2ccc(F)cc2)oc1C. The van der Waals surface area contributed by atoms with Crippen molar-refractivity contribution < 1.29 is 13.9 Å². The molecule has 2 heterocycles. The molecule has 1 aliphatic rings. The van der Waals surface area contributed by atoms with E-state index in [1.165, 1.54) is 12.1 Å². The molecule has 0 saturated carbocycles. The summed E-state index contributed by atoms with van der Waals surface area (Å²) in [6.45, 7) is 4.93. The van der Waals surface area contributed by atoms with Gasteiger partial charge in [0.25, 0.3) is 0 Å². The predicted octanol–water partition coefficient (Wildman–Crippen LogP) is 2.74. The molecule has 4 nitrogen and oxygen atoms in total. The minimum absolute atomic E-state index is 0.0631. The molecule has 21 heavy (non-hydrogen) atoms. The molecule has 112 valence electrons. The van der Waals surface area contributed by atoms with Crippen molar-refractivity contribution in [1.29, 1.82) is 0 Å². The van der Waals surface area contributed by atoms with Crippen molar-refractivity contribution in [2.45, 2.75) is 39.0 Å². The topological polar surface area (TPSA) is 49.5 Å². The summed E-state index contributed by atoms with van der Waals surface area (Å²) in [4.78, 5) is 6.52. The van der Waals surface area contributed by atoms with Crippen LogP contribution in [0.1, 0.15) is 35.4 Å². The molecule has 1 aliphatic heterocycles. The van der Waals surface area contributed by atoms with Crippen LogP contribution >= 0.6 is 0 Å². The quantitative estimate of drug-likeness (QED) is 0.944. The number of nitrogens with zero attached hydrogens (tertiary/aromatic N) is 2. The van der Waals surface area contributed by atoms with Gasteiger partial charge in [-0.3, -0.25) is 4.90 Å².